The second-order valence-corrected chi connectivity index (χ2v) is 5.30. The summed E-state index contributed by atoms with van der Waals surface area (Å²) in [6.07, 6.45) is 0. The normalized spacial score (nSPS) is 11.2. The number of aliphatic hydroxyl groups excluding tert-OH is 1. The number of carbonyl (C=O) groups is 1. The largest absolute Gasteiger partial charge is 0.392 e. The van der Waals surface area contributed by atoms with Crippen molar-refractivity contribution in [3.63, 3.8) is 0 Å². The number of anilines is 1. The average Bonchev–Trinajstić information content (AvgIpc) is 2.49. The zero-order valence-corrected chi connectivity index (χ0v) is 11.8. The predicted molar refractivity (Wildman–Crippen MR) is 80.5 cm³/mol. The molecule has 2 aromatic carbocycles. The maximum absolute atomic E-state index is 12.4. The minimum atomic E-state index is -0.600. The quantitative estimate of drug-likeness (QED) is 0.896. The Bertz CT molecular complexity index is 574. The van der Waals surface area contributed by atoms with Crippen LogP contribution in [0.1, 0.15) is 25.0 Å². The number of rotatable bonds is 4. The Kier molecular flexibility index (Phi) is 4.20. The molecule has 3 heteroatoms. The molecule has 0 unspecified atom stereocenters. The highest BCUT2D eigenvalue weighted by molar-refractivity contribution is 5.98. The van der Waals surface area contributed by atoms with Gasteiger partial charge in [-0.25, -0.2) is 0 Å². The van der Waals surface area contributed by atoms with Crippen LogP contribution < -0.4 is 5.32 Å². The van der Waals surface area contributed by atoms with E-state index in [-0.39, 0.29) is 12.5 Å². The predicted octanol–water partition coefficient (Wildman–Crippen LogP) is 3.10. The van der Waals surface area contributed by atoms with Crippen molar-refractivity contribution in [2.75, 3.05) is 5.32 Å². The van der Waals surface area contributed by atoms with E-state index in [0.29, 0.717) is 0 Å². The van der Waals surface area contributed by atoms with Gasteiger partial charge in [0.15, 0.2) is 0 Å². The van der Waals surface area contributed by atoms with Crippen molar-refractivity contribution >= 4 is 11.6 Å². The van der Waals surface area contributed by atoms with Crippen molar-refractivity contribution in [3.8, 4) is 0 Å². The molecule has 3 nitrogen and oxygen atoms in total. The molecule has 1 amide bonds. The molecule has 104 valence electrons. The van der Waals surface area contributed by atoms with Crippen molar-refractivity contribution in [2.45, 2.75) is 25.9 Å². The van der Waals surface area contributed by atoms with Crippen LogP contribution in [-0.2, 0) is 16.8 Å². The lowest BCUT2D eigenvalue weighted by molar-refractivity contribution is -0.120. The number of amides is 1. The monoisotopic (exact) mass is 269 g/mol. The van der Waals surface area contributed by atoms with Gasteiger partial charge in [-0.2, -0.15) is 0 Å². The molecule has 2 aromatic rings. The van der Waals surface area contributed by atoms with E-state index in [1.54, 1.807) is 24.3 Å². The van der Waals surface area contributed by atoms with Crippen LogP contribution in [0.2, 0.25) is 0 Å². The van der Waals surface area contributed by atoms with Crippen LogP contribution in [0.4, 0.5) is 5.69 Å². The minimum absolute atomic E-state index is 0.00371. The summed E-state index contributed by atoms with van der Waals surface area (Å²) in [5.41, 5.74) is 1.93. The standard InChI is InChI=1S/C17H19NO2/c1-17(2,14-6-4-3-5-7-14)16(20)18-15-10-8-13(12-19)9-11-15/h3-11,19H,12H2,1-2H3,(H,18,20). The number of benzene rings is 2. The van der Waals surface area contributed by atoms with Crippen LogP contribution >= 0.6 is 0 Å². The highest BCUT2D eigenvalue weighted by Crippen LogP contribution is 2.25. The lowest BCUT2D eigenvalue weighted by Crippen LogP contribution is -2.34. The second-order valence-electron chi connectivity index (χ2n) is 5.30. The van der Waals surface area contributed by atoms with Crippen LogP contribution in [0, 0.1) is 0 Å². The molecule has 0 aliphatic rings. The third-order valence-electron chi connectivity index (χ3n) is 3.46. The summed E-state index contributed by atoms with van der Waals surface area (Å²) in [5.74, 6) is -0.0551. The maximum atomic E-state index is 12.4. The van der Waals surface area contributed by atoms with Crippen molar-refractivity contribution in [1.82, 2.24) is 0 Å². The Balaban J connectivity index is 2.14. The molecular weight excluding hydrogens is 250 g/mol. The van der Waals surface area contributed by atoms with Gasteiger partial charge in [-0.15, -0.1) is 0 Å². The number of hydrogen-bond acceptors (Lipinski definition) is 2. The Hall–Kier alpha value is -2.13. The Morgan fingerprint density at radius 2 is 1.65 bits per heavy atom. The highest BCUT2D eigenvalue weighted by atomic mass is 16.3. The van der Waals surface area contributed by atoms with Gasteiger partial charge >= 0.3 is 0 Å². The van der Waals surface area contributed by atoms with Gasteiger partial charge in [0.2, 0.25) is 5.91 Å². The second kappa shape index (κ2) is 5.88. The molecule has 0 aliphatic carbocycles. The first kappa shape index (κ1) is 14.3. The van der Waals surface area contributed by atoms with Gasteiger partial charge < -0.3 is 10.4 Å². The van der Waals surface area contributed by atoms with Crippen LogP contribution in [-0.4, -0.2) is 11.0 Å². The van der Waals surface area contributed by atoms with Gasteiger partial charge in [-0.05, 0) is 37.1 Å². The summed E-state index contributed by atoms with van der Waals surface area (Å²) in [7, 11) is 0. The summed E-state index contributed by atoms with van der Waals surface area (Å²) >= 11 is 0. The van der Waals surface area contributed by atoms with Crippen LogP contribution in [0.5, 0.6) is 0 Å². The van der Waals surface area contributed by atoms with E-state index >= 15 is 0 Å². The zero-order valence-electron chi connectivity index (χ0n) is 11.8. The fraction of sp³-hybridized carbons (Fsp3) is 0.235. The number of aliphatic hydroxyl groups is 1. The smallest absolute Gasteiger partial charge is 0.234 e. The Labute approximate surface area is 119 Å². The van der Waals surface area contributed by atoms with Crippen molar-refractivity contribution in [2.24, 2.45) is 0 Å². The topological polar surface area (TPSA) is 49.3 Å². The van der Waals surface area contributed by atoms with E-state index in [1.807, 2.05) is 44.2 Å². The highest BCUT2D eigenvalue weighted by Gasteiger charge is 2.29. The molecule has 0 aliphatic heterocycles. The van der Waals surface area contributed by atoms with Gasteiger partial charge in [0, 0.05) is 5.69 Å². The van der Waals surface area contributed by atoms with Crippen LogP contribution in [0.3, 0.4) is 0 Å². The Morgan fingerprint density at radius 3 is 2.20 bits per heavy atom. The molecule has 0 saturated carbocycles. The van der Waals surface area contributed by atoms with Gasteiger partial charge in [0.05, 0.1) is 12.0 Å². The number of nitrogens with one attached hydrogen (secondary N) is 1. The van der Waals surface area contributed by atoms with Crippen LogP contribution in [0.25, 0.3) is 0 Å². The summed E-state index contributed by atoms with van der Waals surface area (Å²) < 4.78 is 0. The summed E-state index contributed by atoms with van der Waals surface area (Å²) in [6.45, 7) is 3.81. The van der Waals surface area contributed by atoms with Crippen LogP contribution in [0.15, 0.2) is 54.6 Å². The molecular formula is C17H19NO2. The first-order valence-electron chi connectivity index (χ1n) is 6.61. The van der Waals surface area contributed by atoms with E-state index in [4.69, 9.17) is 5.11 Å². The summed E-state index contributed by atoms with van der Waals surface area (Å²) in [6, 6.07) is 16.9. The van der Waals surface area contributed by atoms with Crippen molar-refractivity contribution in [3.05, 3.63) is 65.7 Å². The maximum Gasteiger partial charge on any atom is 0.234 e. The fourth-order valence-corrected chi connectivity index (χ4v) is 1.97. The SMILES string of the molecule is CC(C)(C(=O)Nc1ccc(CO)cc1)c1ccccc1. The van der Waals surface area contributed by atoms with Gasteiger partial charge in [-0.3, -0.25) is 4.79 Å². The van der Waals surface area contributed by atoms with E-state index in [0.717, 1.165) is 16.8 Å². The minimum Gasteiger partial charge on any atom is -0.392 e. The van der Waals surface area contributed by atoms with Crippen molar-refractivity contribution in [1.29, 1.82) is 0 Å². The number of hydrogen-bond donors (Lipinski definition) is 2. The molecule has 2 N–H and O–H groups in total. The molecule has 0 fully saturated rings. The van der Waals surface area contributed by atoms with Gasteiger partial charge in [0.1, 0.15) is 0 Å². The summed E-state index contributed by atoms with van der Waals surface area (Å²) in [4.78, 5) is 12.4. The lowest BCUT2D eigenvalue weighted by Gasteiger charge is -2.24. The van der Waals surface area contributed by atoms with Gasteiger partial charge in [0.25, 0.3) is 0 Å². The first-order valence-corrected chi connectivity index (χ1v) is 6.61. The third kappa shape index (κ3) is 3.06. The molecule has 0 spiro atoms. The number of carbonyl (C=O) groups excluding carboxylic acids is 1. The van der Waals surface area contributed by atoms with E-state index < -0.39 is 5.41 Å². The van der Waals surface area contributed by atoms with E-state index in [9.17, 15) is 4.79 Å². The van der Waals surface area contributed by atoms with Crippen molar-refractivity contribution < 1.29 is 9.90 Å². The molecule has 0 aromatic heterocycles. The Morgan fingerprint density at radius 1 is 1.05 bits per heavy atom. The van der Waals surface area contributed by atoms with E-state index in [1.165, 1.54) is 0 Å². The molecule has 2 rings (SSSR count). The lowest BCUT2D eigenvalue weighted by atomic mass is 9.83. The van der Waals surface area contributed by atoms with Gasteiger partial charge in [-0.1, -0.05) is 42.5 Å². The fourth-order valence-electron chi connectivity index (χ4n) is 1.97. The third-order valence-corrected chi connectivity index (χ3v) is 3.46. The molecule has 0 bridgehead atoms. The molecule has 0 radical (unpaired) electrons. The molecule has 0 saturated heterocycles. The molecule has 0 heterocycles. The first-order chi connectivity index (χ1) is 9.54. The molecule has 20 heavy (non-hydrogen) atoms. The molecule has 0 atom stereocenters. The average molecular weight is 269 g/mol. The summed E-state index contributed by atoms with van der Waals surface area (Å²) in [5, 5.41) is 11.9. The van der Waals surface area contributed by atoms with E-state index in [2.05, 4.69) is 5.32 Å². The zero-order chi connectivity index (χ0) is 14.6.